The number of carboxylic acids is 1. The summed E-state index contributed by atoms with van der Waals surface area (Å²) in [6, 6.07) is 4.24. The minimum Gasteiger partial charge on any atom is -0.493 e. The van der Waals surface area contributed by atoms with E-state index in [2.05, 4.69) is 0 Å². The van der Waals surface area contributed by atoms with Gasteiger partial charge in [0.1, 0.15) is 11.6 Å². The molecule has 0 aromatic heterocycles. The van der Waals surface area contributed by atoms with Crippen LogP contribution in [0.25, 0.3) is 0 Å². The third-order valence-corrected chi connectivity index (χ3v) is 2.56. The molecule has 0 aliphatic carbocycles. The lowest BCUT2D eigenvalue weighted by Gasteiger charge is -2.24. The van der Waals surface area contributed by atoms with Crippen molar-refractivity contribution in [3.05, 3.63) is 29.6 Å². The normalized spacial score (nSPS) is 19.1. The largest absolute Gasteiger partial charge is 0.493 e. The zero-order valence-corrected chi connectivity index (χ0v) is 8.07. The summed E-state index contributed by atoms with van der Waals surface area (Å²) in [7, 11) is 0. The van der Waals surface area contributed by atoms with Crippen molar-refractivity contribution in [3.8, 4) is 5.75 Å². The Balaban J connectivity index is 2.32. The summed E-state index contributed by atoms with van der Waals surface area (Å²) in [4.78, 5) is 10.6. The maximum atomic E-state index is 13.0. The Bertz CT molecular complexity index is 389. The van der Waals surface area contributed by atoms with Gasteiger partial charge in [0, 0.05) is 11.5 Å². The monoisotopic (exact) mass is 210 g/mol. The third-order valence-electron chi connectivity index (χ3n) is 2.56. The van der Waals surface area contributed by atoms with Crippen LogP contribution >= 0.6 is 0 Å². The molecule has 3 nitrogen and oxygen atoms in total. The maximum Gasteiger partial charge on any atom is 0.303 e. The van der Waals surface area contributed by atoms with Gasteiger partial charge in [0.15, 0.2) is 0 Å². The van der Waals surface area contributed by atoms with E-state index in [1.807, 2.05) is 0 Å². The average Bonchev–Trinajstić information content (AvgIpc) is 2.18. The van der Waals surface area contributed by atoms with Gasteiger partial charge in [-0.1, -0.05) is 0 Å². The van der Waals surface area contributed by atoms with Crippen LogP contribution in [-0.2, 0) is 4.79 Å². The first-order valence-electron chi connectivity index (χ1n) is 4.81. The van der Waals surface area contributed by atoms with E-state index >= 15 is 0 Å². The second kappa shape index (κ2) is 3.88. The molecule has 1 aromatic carbocycles. The molecule has 4 heteroatoms. The predicted molar refractivity (Wildman–Crippen MR) is 51.5 cm³/mol. The number of aliphatic carboxylic acids is 1. The van der Waals surface area contributed by atoms with Crippen LogP contribution in [0, 0.1) is 5.82 Å². The fraction of sp³-hybridized carbons (Fsp3) is 0.364. The molecule has 15 heavy (non-hydrogen) atoms. The van der Waals surface area contributed by atoms with Crippen LogP contribution in [0.5, 0.6) is 5.75 Å². The van der Waals surface area contributed by atoms with Crippen molar-refractivity contribution in [3.63, 3.8) is 0 Å². The highest BCUT2D eigenvalue weighted by Crippen LogP contribution is 2.35. The van der Waals surface area contributed by atoms with Gasteiger partial charge in [-0.05, 0) is 24.6 Å². The van der Waals surface area contributed by atoms with Crippen molar-refractivity contribution in [1.82, 2.24) is 0 Å². The molecular weight excluding hydrogens is 199 g/mol. The second-order valence-electron chi connectivity index (χ2n) is 3.61. The van der Waals surface area contributed by atoms with Gasteiger partial charge in [0.25, 0.3) is 0 Å². The molecule has 0 saturated heterocycles. The molecule has 0 bridgehead atoms. The van der Waals surface area contributed by atoms with Gasteiger partial charge >= 0.3 is 5.97 Å². The molecule has 1 aliphatic heterocycles. The summed E-state index contributed by atoms with van der Waals surface area (Å²) >= 11 is 0. The van der Waals surface area contributed by atoms with Crippen LogP contribution in [0.3, 0.4) is 0 Å². The zero-order valence-electron chi connectivity index (χ0n) is 8.07. The molecule has 80 valence electrons. The summed E-state index contributed by atoms with van der Waals surface area (Å²) in [5, 5.41) is 8.73. The van der Waals surface area contributed by atoms with Gasteiger partial charge in [-0.2, -0.15) is 0 Å². The molecule has 0 amide bonds. The number of halogens is 1. The van der Waals surface area contributed by atoms with Gasteiger partial charge in [-0.25, -0.2) is 4.39 Å². The van der Waals surface area contributed by atoms with Gasteiger partial charge in [0.2, 0.25) is 0 Å². The zero-order chi connectivity index (χ0) is 10.8. The Hall–Kier alpha value is -1.58. The number of carbonyl (C=O) groups is 1. The molecule has 0 saturated carbocycles. The Labute approximate surface area is 86.5 Å². The Morgan fingerprint density at radius 1 is 1.60 bits per heavy atom. The smallest absolute Gasteiger partial charge is 0.303 e. The highest BCUT2D eigenvalue weighted by atomic mass is 19.1. The first-order valence-corrected chi connectivity index (χ1v) is 4.81. The summed E-state index contributed by atoms with van der Waals surface area (Å²) < 4.78 is 18.3. The highest BCUT2D eigenvalue weighted by molar-refractivity contribution is 5.68. The fourth-order valence-electron chi connectivity index (χ4n) is 1.86. The Morgan fingerprint density at radius 2 is 2.40 bits per heavy atom. The van der Waals surface area contributed by atoms with Crippen LogP contribution in [0.2, 0.25) is 0 Å². The van der Waals surface area contributed by atoms with Gasteiger partial charge in [-0.3, -0.25) is 4.79 Å². The molecule has 1 atom stereocenters. The molecule has 1 N–H and O–H groups in total. The summed E-state index contributed by atoms with van der Waals surface area (Å²) in [5.41, 5.74) is 0.670. The van der Waals surface area contributed by atoms with E-state index in [-0.39, 0.29) is 18.2 Å². The molecule has 0 spiro atoms. The van der Waals surface area contributed by atoms with Crippen LogP contribution in [0.1, 0.15) is 24.3 Å². The lowest BCUT2D eigenvalue weighted by molar-refractivity contribution is -0.137. The van der Waals surface area contributed by atoms with Crippen molar-refractivity contribution in [2.24, 2.45) is 0 Å². The first-order chi connectivity index (χ1) is 7.16. The summed E-state index contributed by atoms with van der Waals surface area (Å²) in [5.74, 6) is -0.748. The number of hydrogen-bond donors (Lipinski definition) is 1. The summed E-state index contributed by atoms with van der Waals surface area (Å²) in [6.07, 6.45) is 0.655. The number of ether oxygens (including phenoxy) is 1. The van der Waals surface area contributed by atoms with E-state index in [9.17, 15) is 9.18 Å². The standard InChI is InChI=1S/C11H11FO3/c12-8-1-2-10-9(6-8)7(3-4-15-10)5-11(13)14/h1-2,6-7H,3-5H2,(H,13,14). The molecule has 1 aromatic rings. The lowest BCUT2D eigenvalue weighted by Crippen LogP contribution is -2.17. The first kappa shape index (κ1) is 9.96. The SMILES string of the molecule is O=C(O)CC1CCOc2ccc(F)cc21. The van der Waals surface area contributed by atoms with E-state index in [4.69, 9.17) is 9.84 Å². The van der Waals surface area contributed by atoms with Crippen molar-refractivity contribution >= 4 is 5.97 Å². The number of hydrogen-bond acceptors (Lipinski definition) is 2. The third kappa shape index (κ3) is 2.09. The molecule has 0 radical (unpaired) electrons. The number of rotatable bonds is 2. The van der Waals surface area contributed by atoms with E-state index in [1.165, 1.54) is 12.1 Å². The maximum absolute atomic E-state index is 13.0. The van der Waals surface area contributed by atoms with Crippen LogP contribution in [-0.4, -0.2) is 17.7 Å². The molecule has 1 aliphatic rings. The van der Waals surface area contributed by atoms with E-state index < -0.39 is 5.97 Å². The number of fused-ring (bicyclic) bond motifs is 1. The average molecular weight is 210 g/mol. The predicted octanol–water partition coefficient (Wildman–Crippen LogP) is 2.17. The Kier molecular flexibility index (Phi) is 2.58. The summed E-state index contributed by atoms with van der Waals surface area (Å²) in [6.45, 7) is 0.497. The van der Waals surface area contributed by atoms with Crippen molar-refractivity contribution in [2.45, 2.75) is 18.8 Å². The Morgan fingerprint density at radius 3 is 3.13 bits per heavy atom. The van der Waals surface area contributed by atoms with Gasteiger partial charge in [0.05, 0.1) is 13.0 Å². The second-order valence-corrected chi connectivity index (χ2v) is 3.61. The van der Waals surface area contributed by atoms with Crippen LogP contribution < -0.4 is 4.74 Å². The van der Waals surface area contributed by atoms with Crippen molar-refractivity contribution in [2.75, 3.05) is 6.61 Å². The lowest BCUT2D eigenvalue weighted by atomic mass is 9.90. The van der Waals surface area contributed by atoms with Crippen molar-refractivity contribution < 1.29 is 19.0 Å². The van der Waals surface area contributed by atoms with Crippen LogP contribution in [0.4, 0.5) is 4.39 Å². The molecule has 0 fully saturated rings. The quantitative estimate of drug-likeness (QED) is 0.813. The number of benzene rings is 1. The van der Waals surface area contributed by atoms with E-state index in [1.54, 1.807) is 6.07 Å². The van der Waals surface area contributed by atoms with Crippen LogP contribution in [0.15, 0.2) is 18.2 Å². The minimum atomic E-state index is -0.864. The van der Waals surface area contributed by atoms with Gasteiger partial charge in [-0.15, -0.1) is 0 Å². The minimum absolute atomic E-state index is 0.0276. The topological polar surface area (TPSA) is 46.5 Å². The number of carboxylic acid groups (broad SMARTS) is 1. The van der Waals surface area contributed by atoms with Crippen molar-refractivity contribution in [1.29, 1.82) is 0 Å². The highest BCUT2D eigenvalue weighted by Gasteiger charge is 2.23. The fourth-order valence-corrected chi connectivity index (χ4v) is 1.86. The van der Waals surface area contributed by atoms with E-state index in [0.717, 1.165) is 0 Å². The molecule has 1 unspecified atom stereocenters. The molecular formula is C11H11FO3. The molecule has 2 rings (SSSR count). The molecule has 1 heterocycles. The van der Waals surface area contributed by atoms with Gasteiger partial charge < -0.3 is 9.84 Å². The van der Waals surface area contributed by atoms with E-state index in [0.29, 0.717) is 24.3 Å².